The van der Waals surface area contributed by atoms with Gasteiger partial charge >= 0.3 is 6.03 Å². The molecule has 0 saturated carbocycles. The van der Waals surface area contributed by atoms with Crippen LogP contribution in [-0.2, 0) is 6.54 Å². The molecule has 0 fully saturated rings. The minimum Gasteiger partial charge on any atom is -0.323 e. The molecule has 7 heteroatoms. The highest BCUT2D eigenvalue weighted by molar-refractivity contribution is 6.36. The Morgan fingerprint density at radius 1 is 1.18 bits per heavy atom. The van der Waals surface area contributed by atoms with Gasteiger partial charge in [-0.1, -0.05) is 40.9 Å². The molecule has 3 nitrogen and oxygen atoms in total. The Morgan fingerprint density at radius 2 is 1.91 bits per heavy atom. The van der Waals surface area contributed by atoms with Crippen LogP contribution in [0.15, 0.2) is 36.4 Å². The summed E-state index contributed by atoms with van der Waals surface area (Å²) < 4.78 is 13.7. The number of nitrogens with one attached hydrogen (secondary N) is 1. The third-order valence-corrected chi connectivity index (χ3v) is 3.88. The van der Waals surface area contributed by atoms with Gasteiger partial charge in [-0.25, -0.2) is 9.18 Å². The third kappa shape index (κ3) is 4.03. The highest BCUT2D eigenvalue weighted by Gasteiger charge is 2.15. The first-order chi connectivity index (χ1) is 10.4. The van der Waals surface area contributed by atoms with E-state index in [1.54, 1.807) is 18.2 Å². The molecule has 0 heterocycles. The van der Waals surface area contributed by atoms with E-state index in [1.807, 2.05) is 0 Å². The van der Waals surface area contributed by atoms with Gasteiger partial charge in [0.1, 0.15) is 5.82 Å². The Morgan fingerprint density at radius 3 is 2.55 bits per heavy atom. The second-order valence-electron chi connectivity index (χ2n) is 4.61. The van der Waals surface area contributed by atoms with Gasteiger partial charge in [0.05, 0.1) is 17.3 Å². The topological polar surface area (TPSA) is 32.3 Å². The molecule has 0 radical (unpaired) electrons. The number of amides is 2. The minimum absolute atomic E-state index is 0.0303. The van der Waals surface area contributed by atoms with Crippen molar-refractivity contribution in [2.24, 2.45) is 0 Å². The van der Waals surface area contributed by atoms with Crippen LogP contribution in [0.2, 0.25) is 15.1 Å². The summed E-state index contributed by atoms with van der Waals surface area (Å²) in [5.74, 6) is -0.461. The average molecular weight is 362 g/mol. The second kappa shape index (κ2) is 7.18. The first kappa shape index (κ1) is 16.9. The van der Waals surface area contributed by atoms with Crippen molar-refractivity contribution in [1.29, 1.82) is 0 Å². The van der Waals surface area contributed by atoms with E-state index in [-0.39, 0.29) is 17.1 Å². The monoisotopic (exact) mass is 360 g/mol. The summed E-state index contributed by atoms with van der Waals surface area (Å²) in [5, 5.41) is 3.68. The van der Waals surface area contributed by atoms with Gasteiger partial charge in [-0.2, -0.15) is 0 Å². The van der Waals surface area contributed by atoms with Crippen LogP contribution in [0.25, 0.3) is 0 Å². The van der Waals surface area contributed by atoms with Gasteiger partial charge in [-0.15, -0.1) is 0 Å². The summed E-state index contributed by atoms with van der Waals surface area (Å²) >= 11 is 17.7. The maximum absolute atomic E-state index is 13.7. The summed E-state index contributed by atoms with van der Waals surface area (Å²) in [7, 11) is 1.53. The Balaban J connectivity index is 2.09. The van der Waals surface area contributed by atoms with Crippen LogP contribution < -0.4 is 5.32 Å². The molecular weight excluding hydrogens is 350 g/mol. The Hall–Kier alpha value is -1.49. The highest BCUT2D eigenvalue weighted by atomic mass is 35.5. The third-order valence-electron chi connectivity index (χ3n) is 2.98. The lowest BCUT2D eigenvalue weighted by molar-refractivity contribution is 0.220. The van der Waals surface area contributed by atoms with Gasteiger partial charge in [0.15, 0.2) is 0 Å². The average Bonchev–Trinajstić information content (AvgIpc) is 2.45. The Labute approximate surface area is 142 Å². The van der Waals surface area contributed by atoms with E-state index in [1.165, 1.54) is 30.1 Å². The number of carbonyl (C=O) groups is 1. The fraction of sp³-hybridized carbons (Fsp3) is 0.133. The SMILES string of the molecule is CN(Cc1c(F)cccc1Cl)C(=O)Nc1ccc(Cl)cc1Cl. The van der Waals surface area contributed by atoms with Crippen LogP contribution in [0.5, 0.6) is 0 Å². The molecule has 0 aliphatic heterocycles. The Kier molecular flexibility index (Phi) is 5.51. The van der Waals surface area contributed by atoms with E-state index < -0.39 is 11.8 Å². The molecule has 0 unspecified atom stereocenters. The molecule has 0 atom stereocenters. The van der Waals surface area contributed by atoms with Gasteiger partial charge in [-0.3, -0.25) is 0 Å². The van der Waals surface area contributed by atoms with E-state index >= 15 is 0 Å². The first-order valence-corrected chi connectivity index (χ1v) is 7.42. The molecule has 0 aliphatic carbocycles. The number of hydrogen-bond donors (Lipinski definition) is 1. The molecule has 2 amide bonds. The fourth-order valence-corrected chi connectivity index (χ4v) is 2.47. The zero-order valence-electron chi connectivity index (χ0n) is 11.5. The summed E-state index contributed by atoms with van der Waals surface area (Å²) in [5.41, 5.74) is 0.673. The van der Waals surface area contributed by atoms with E-state index in [9.17, 15) is 9.18 Å². The molecule has 0 aliphatic rings. The van der Waals surface area contributed by atoms with Gasteiger partial charge < -0.3 is 10.2 Å². The zero-order chi connectivity index (χ0) is 16.3. The molecule has 2 rings (SSSR count). The quantitative estimate of drug-likeness (QED) is 0.774. The van der Waals surface area contributed by atoms with Crippen molar-refractivity contribution >= 4 is 46.5 Å². The lowest BCUT2D eigenvalue weighted by Crippen LogP contribution is -2.31. The summed E-state index contributed by atoms with van der Waals surface area (Å²) in [6.45, 7) is 0.0303. The molecular formula is C15H12Cl3FN2O. The van der Waals surface area contributed by atoms with Crippen LogP contribution in [0.3, 0.4) is 0 Å². The predicted molar refractivity (Wildman–Crippen MR) is 88.4 cm³/mol. The van der Waals surface area contributed by atoms with Gasteiger partial charge in [0, 0.05) is 22.7 Å². The van der Waals surface area contributed by atoms with Gasteiger partial charge in [-0.05, 0) is 30.3 Å². The molecule has 0 saturated heterocycles. The minimum atomic E-state index is -0.461. The van der Waals surface area contributed by atoms with E-state index in [2.05, 4.69) is 5.32 Å². The lowest BCUT2D eigenvalue weighted by atomic mass is 10.2. The van der Waals surface area contributed by atoms with Gasteiger partial charge in [0.25, 0.3) is 0 Å². The number of carbonyl (C=O) groups excluding carboxylic acids is 1. The first-order valence-electron chi connectivity index (χ1n) is 6.28. The molecule has 2 aromatic carbocycles. The maximum Gasteiger partial charge on any atom is 0.321 e. The van der Waals surface area contributed by atoms with Crippen LogP contribution in [0.4, 0.5) is 14.9 Å². The molecule has 0 aromatic heterocycles. The number of anilines is 1. The number of nitrogens with zero attached hydrogens (tertiary/aromatic N) is 1. The van der Waals surface area contributed by atoms with E-state index in [0.29, 0.717) is 15.7 Å². The highest BCUT2D eigenvalue weighted by Crippen LogP contribution is 2.26. The van der Waals surface area contributed by atoms with Crippen molar-refractivity contribution in [2.75, 3.05) is 12.4 Å². The van der Waals surface area contributed by atoms with Crippen molar-refractivity contribution in [1.82, 2.24) is 4.90 Å². The summed E-state index contributed by atoms with van der Waals surface area (Å²) in [6.07, 6.45) is 0. The zero-order valence-corrected chi connectivity index (χ0v) is 13.8. The number of hydrogen-bond acceptors (Lipinski definition) is 1. The van der Waals surface area contributed by atoms with Crippen molar-refractivity contribution in [3.63, 3.8) is 0 Å². The Bertz CT molecular complexity index is 689. The van der Waals surface area contributed by atoms with Crippen LogP contribution in [-0.4, -0.2) is 18.0 Å². The molecule has 0 bridgehead atoms. The van der Waals surface area contributed by atoms with Crippen molar-refractivity contribution in [2.45, 2.75) is 6.54 Å². The van der Waals surface area contributed by atoms with E-state index in [0.717, 1.165) is 0 Å². The number of halogens is 4. The standard InChI is InChI=1S/C15H12Cl3FN2O/c1-21(8-10-11(17)3-2-4-13(10)19)15(22)20-14-6-5-9(16)7-12(14)18/h2-7H,8H2,1H3,(H,20,22). The lowest BCUT2D eigenvalue weighted by Gasteiger charge is -2.19. The number of rotatable bonds is 3. The summed E-state index contributed by atoms with van der Waals surface area (Å²) in [4.78, 5) is 13.4. The van der Waals surface area contributed by atoms with Crippen LogP contribution in [0, 0.1) is 5.82 Å². The number of urea groups is 1. The second-order valence-corrected chi connectivity index (χ2v) is 5.86. The predicted octanol–water partition coefficient (Wildman–Crippen LogP) is 5.45. The molecule has 0 spiro atoms. The van der Waals surface area contributed by atoms with Crippen LogP contribution >= 0.6 is 34.8 Å². The largest absolute Gasteiger partial charge is 0.323 e. The smallest absolute Gasteiger partial charge is 0.321 e. The van der Waals surface area contributed by atoms with Crippen molar-refractivity contribution in [3.05, 3.63) is 62.8 Å². The molecule has 116 valence electrons. The number of benzene rings is 2. The normalized spacial score (nSPS) is 10.4. The van der Waals surface area contributed by atoms with Crippen molar-refractivity contribution in [3.8, 4) is 0 Å². The fourth-order valence-electron chi connectivity index (χ4n) is 1.79. The molecule has 2 aromatic rings. The maximum atomic E-state index is 13.7. The van der Waals surface area contributed by atoms with Gasteiger partial charge in [0.2, 0.25) is 0 Å². The van der Waals surface area contributed by atoms with Crippen LogP contribution in [0.1, 0.15) is 5.56 Å². The molecule has 1 N–H and O–H groups in total. The molecule has 22 heavy (non-hydrogen) atoms. The van der Waals surface area contributed by atoms with Crippen molar-refractivity contribution < 1.29 is 9.18 Å². The van der Waals surface area contributed by atoms with E-state index in [4.69, 9.17) is 34.8 Å². The summed E-state index contributed by atoms with van der Waals surface area (Å²) in [6, 6.07) is 8.65.